The van der Waals surface area contributed by atoms with Crippen LogP contribution in [0.15, 0.2) is 51.2 Å². The fraction of sp³-hybridized carbons (Fsp3) is 0.222. The van der Waals surface area contributed by atoms with Crippen molar-refractivity contribution < 1.29 is 9.18 Å². The number of amides is 1. The van der Waals surface area contributed by atoms with E-state index >= 15 is 0 Å². The third kappa shape index (κ3) is 2.50. The number of hydrogen-bond donors (Lipinski definition) is 2. The largest absolute Gasteiger partial charge is 0.339 e. The molecule has 0 saturated carbocycles. The maximum Gasteiger partial charge on any atom is 0.277 e. The summed E-state index contributed by atoms with van der Waals surface area (Å²) < 4.78 is 14.7. The van der Waals surface area contributed by atoms with Crippen molar-refractivity contribution in [3.05, 3.63) is 63.8 Å². The molecule has 0 fully saturated rings. The van der Waals surface area contributed by atoms with Crippen LogP contribution in [0.2, 0.25) is 0 Å². The second-order valence-corrected chi connectivity index (χ2v) is 6.28. The molecular weight excluding hydrogens is 337 g/mol. The number of amidine groups is 1. The maximum atomic E-state index is 13.3. The number of nitrogens with zero attached hydrogens (tertiary/aromatic N) is 3. The molecule has 132 valence electrons. The van der Waals surface area contributed by atoms with Crippen LogP contribution in [0.4, 0.5) is 10.1 Å². The Kier molecular flexibility index (Phi) is 3.68. The molecular formula is C18H16FN5O2. The van der Waals surface area contributed by atoms with Crippen LogP contribution in [-0.2, 0) is 5.66 Å². The Balaban J connectivity index is 1.82. The van der Waals surface area contributed by atoms with Gasteiger partial charge in [-0.1, -0.05) is 12.1 Å². The normalized spacial score (nSPS) is 21.2. The summed E-state index contributed by atoms with van der Waals surface area (Å²) in [5.41, 5.74) is -0.303. The molecule has 26 heavy (non-hydrogen) atoms. The monoisotopic (exact) mass is 353 g/mol. The molecule has 2 aliphatic heterocycles. The lowest BCUT2D eigenvalue weighted by Crippen LogP contribution is -2.46. The number of aromatic nitrogens is 1. The molecule has 0 bridgehead atoms. The summed E-state index contributed by atoms with van der Waals surface area (Å²) in [6.45, 7) is 2.32. The highest BCUT2D eigenvalue weighted by Gasteiger charge is 2.41. The third-order valence-corrected chi connectivity index (χ3v) is 4.58. The molecule has 0 aliphatic carbocycles. The van der Waals surface area contributed by atoms with Crippen LogP contribution in [0.1, 0.15) is 29.4 Å². The van der Waals surface area contributed by atoms with E-state index in [4.69, 9.17) is 0 Å². The summed E-state index contributed by atoms with van der Waals surface area (Å²) in [6.07, 6.45) is 2.05. The van der Waals surface area contributed by atoms with Crippen molar-refractivity contribution in [1.82, 2.24) is 9.88 Å². The molecule has 1 unspecified atom stereocenters. The molecule has 2 N–H and O–H groups in total. The number of hydrogen-bond acceptors (Lipinski definition) is 5. The molecule has 2 aliphatic rings. The van der Waals surface area contributed by atoms with Crippen molar-refractivity contribution in [2.75, 3.05) is 11.9 Å². The smallest absolute Gasteiger partial charge is 0.277 e. The fourth-order valence-corrected chi connectivity index (χ4v) is 3.22. The van der Waals surface area contributed by atoms with Crippen molar-refractivity contribution in [1.29, 1.82) is 0 Å². The molecule has 0 radical (unpaired) electrons. The van der Waals surface area contributed by atoms with E-state index in [0.29, 0.717) is 30.1 Å². The molecule has 0 spiro atoms. The quantitative estimate of drug-likeness (QED) is 0.861. The Morgan fingerprint density at radius 2 is 1.96 bits per heavy atom. The van der Waals surface area contributed by atoms with Gasteiger partial charge >= 0.3 is 0 Å². The van der Waals surface area contributed by atoms with Crippen molar-refractivity contribution in [2.24, 2.45) is 9.98 Å². The van der Waals surface area contributed by atoms with Gasteiger partial charge in [-0.15, -0.1) is 0 Å². The maximum absolute atomic E-state index is 13.3. The Labute approximate surface area is 148 Å². The zero-order chi connectivity index (χ0) is 18.3. The first-order valence-electron chi connectivity index (χ1n) is 8.16. The van der Waals surface area contributed by atoms with Crippen LogP contribution in [0.3, 0.4) is 0 Å². The number of rotatable bonds is 2. The number of carbonyl (C=O) groups excluding carboxylic acids is 1. The summed E-state index contributed by atoms with van der Waals surface area (Å²) in [5.74, 6) is -0.109. The molecule has 2 aromatic rings. The predicted octanol–water partition coefficient (Wildman–Crippen LogP) is 1.69. The highest BCUT2D eigenvalue weighted by Crippen LogP contribution is 2.29. The summed E-state index contributed by atoms with van der Waals surface area (Å²) in [7, 11) is 0. The van der Waals surface area contributed by atoms with Gasteiger partial charge in [0.25, 0.3) is 11.5 Å². The van der Waals surface area contributed by atoms with Gasteiger partial charge in [-0.25, -0.2) is 9.38 Å². The molecule has 8 heteroatoms. The van der Waals surface area contributed by atoms with Gasteiger partial charge in [0, 0.05) is 13.0 Å². The Morgan fingerprint density at radius 3 is 2.65 bits per heavy atom. The SMILES string of the molecule is CC1(c2ccc(F)cc2)NC(=O)c2ccc(NC3=NC=NCC3)c(=O)n21. The van der Waals surface area contributed by atoms with Crippen molar-refractivity contribution in [3.8, 4) is 0 Å². The van der Waals surface area contributed by atoms with Crippen molar-refractivity contribution in [2.45, 2.75) is 19.0 Å². The average molecular weight is 353 g/mol. The number of carbonyl (C=O) groups is 1. The van der Waals surface area contributed by atoms with Gasteiger partial charge in [0.1, 0.15) is 35.0 Å². The number of fused-ring (bicyclic) bond motifs is 1. The predicted molar refractivity (Wildman–Crippen MR) is 96.4 cm³/mol. The summed E-state index contributed by atoms with van der Waals surface area (Å²) in [4.78, 5) is 33.6. The Hall–Kier alpha value is -3.29. The molecule has 3 heterocycles. The molecule has 1 atom stereocenters. The standard InChI is InChI=1S/C18H16FN5O2/c1-18(11-2-4-12(19)5-3-11)23-16(25)14-7-6-13(17(26)24(14)18)22-15-8-9-20-10-21-15/h2-7,10H,8-9H2,1H3,(H,23,25)(H,20,21,22). The van der Waals surface area contributed by atoms with Gasteiger partial charge in [0.2, 0.25) is 0 Å². The van der Waals surface area contributed by atoms with E-state index in [1.54, 1.807) is 31.2 Å². The topological polar surface area (TPSA) is 87.8 Å². The Bertz CT molecular complexity index is 1010. The third-order valence-electron chi connectivity index (χ3n) is 4.58. The second-order valence-electron chi connectivity index (χ2n) is 6.28. The zero-order valence-electron chi connectivity index (χ0n) is 14.0. The number of pyridine rings is 1. The lowest BCUT2D eigenvalue weighted by atomic mass is 10.0. The van der Waals surface area contributed by atoms with E-state index in [9.17, 15) is 14.0 Å². The van der Waals surface area contributed by atoms with E-state index < -0.39 is 5.66 Å². The number of benzene rings is 1. The van der Waals surface area contributed by atoms with Crippen LogP contribution in [-0.4, -0.2) is 29.2 Å². The number of halogens is 1. The lowest BCUT2D eigenvalue weighted by Gasteiger charge is -2.28. The van der Waals surface area contributed by atoms with Crippen LogP contribution in [0.25, 0.3) is 0 Å². The highest BCUT2D eigenvalue weighted by atomic mass is 19.1. The molecule has 1 aromatic carbocycles. The van der Waals surface area contributed by atoms with E-state index in [-0.39, 0.29) is 23.0 Å². The molecule has 1 aromatic heterocycles. The number of nitrogens with one attached hydrogen (secondary N) is 2. The summed E-state index contributed by atoms with van der Waals surface area (Å²) in [6, 6.07) is 8.86. The minimum atomic E-state index is -1.11. The second kappa shape index (κ2) is 5.91. The minimum absolute atomic E-state index is 0.250. The van der Waals surface area contributed by atoms with E-state index in [1.165, 1.54) is 23.0 Å². The summed E-state index contributed by atoms with van der Waals surface area (Å²) in [5, 5.41) is 5.84. The lowest BCUT2D eigenvalue weighted by molar-refractivity contribution is 0.0941. The highest BCUT2D eigenvalue weighted by molar-refractivity contribution is 6.01. The van der Waals surface area contributed by atoms with Crippen LogP contribution < -0.4 is 16.2 Å². The van der Waals surface area contributed by atoms with Crippen LogP contribution in [0, 0.1) is 5.82 Å². The van der Waals surface area contributed by atoms with Crippen molar-refractivity contribution >= 4 is 23.8 Å². The molecule has 1 amide bonds. The number of aliphatic imine (C=N–C) groups is 2. The molecule has 4 rings (SSSR count). The number of anilines is 1. The van der Waals surface area contributed by atoms with Crippen molar-refractivity contribution in [3.63, 3.8) is 0 Å². The first-order valence-corrected chi connectivity index (χ1v) is 8.16. The fourth-order valence-electron chi connectivity index (χ4n) is 3.22. The van der Waals surface area contributed by atoms with Gasteiger partial charge in [0.15, 0.2) is 0 Å². The van der Waals surface area contributed by atoms with Gasteiger partial charge < -0.3 is 10.6 Å². The van der Waals surface area contributed by atoms with Gasteiger partial charge in [-0.2, -0.15) is 0 Å². The first kappa shape index (κ1) is 16.2. The minimum Gasteiger partial charge on any atom is -0.339 e. The Morgan fingerprint density at radius 1 is 1.19 bits per heavy atom. The average Bonchev–Trinajstić information content (AvgIpc) is 2.91. The molecule has 7 nitrogen and oxygen atoms in total. The molecule has 0 saturated heterocycles. The van der Waals surface area contributed by atoms with Crippen LogP contribution >= 0.6 is 0 Å². The van der Waals surface area contributed by atoms with E-state index in [1.807, 2.05) is 0 Å². The van der Waals surface area contributed by atoms with Gasteiger partial charge in [-0.3, -0.25) is 19.1 Å². The first-order chi connectivity index (χ1) is 12.5. The van der Waals surface area contributed by atoms with Gasteiger partial charge in [0.05, 0.1) is 0 Å². The van der Waals surface area contributed by atoms with E-state index in [2.05, 4.69) is 20.6 Å². The zero-order valence-corrected chi connectivity index (χ0v) is 14.0. The summed E-state index contributed by atoms with van der Waals surface area (Å²) >= 11 is 0. The van der Waals surface area contributed by atoms with E-state index in [0.717, 1.165) is 0 Å². The van der Waals surface area contributed by atoms with Crippen LogP contribution in [0.5, 0.6) is 0 Å². The van der Waals surface area contributed by atoms with Gasteiger partial charge in [-0.05, 0) is 36.8 Å².